The summed E-state index contributed by atoms with van der Waals surface area (Å²) in [4.78, 5) is 9.28. The maximum Gasteiger partial charge on any atom is 0.416 e. The number of anilines is 1. The quantitative estimate of drug-likeness (QED) is 0.459. The third kappa shape index (κ3) is 5.56. The number of nitrogens with zero attached hydrogens (tertiary/aromatic N) is 3. The van der Waals surface area contributed by atoms with Gasteiger partial charge < -0.3 is 4.90 Å². The van der Waals surface area contributed by atoms with Gasteiger partial charge >= 0.3 is 6.18 Å². The van der Waals surface area contributed by atoms with Crippen LogP contribution in [-0.2, 0) is 12.6 Å². The van der Waals surface area contributed by atoms with E-state index in [1.807, 2.05) is 12.1 Å². The lowest BCUT2D eigenvalue weighted by Crippen LogP contribution is -2.46. The SMILES string of the molecule is FC(F)(F)c1ccc(CCCCCN2CCN(c3cccc4n[c]ccc34)CC2)cc1. The summed E-state index contributed by atoms with van der Waals surface area (Å²) in [5, 5.41) is 1.18. The van der Waals surface area contributed by atoms with Gasteiger partial charge in [-0.25, -0.2) is 4.98 Å². The van der Waals surface area contributed by atoms with Crippen LogP contribution in [0.2, 0.25) is 0 Å². The van der Waals surface area contributed by atoms with Crippen molar-refractivity contribution < 1.29 is 13.2 Å². The number of piperazine rings is 1. The summed E-state index contributed by atoms with van der Waals surface area (Å²) in [7, 11) is 0. The highest BCUT2D eigenvalue weighted by atomic mass is 19.4. The molecule has 0 N–H and O–H groups in total. The van der Waals surface area contributed by atoms with Crippen LogP contribution in [0.15, 0.2) is 54.6 Å². The number of halogens is 3. The lowest BCUT2D eigenvalue weighted by Gasteiger charge is -2.36. The second-order valence-corrected chi connectivity index (χ2v) is 8.12. The zero-order chi connectivity index (χ0) is 21.7. The molecule has 163 valence electrons. The van der Waals surface area contributed by atoms with Crippen LogP contribution in [-0.4, -0.2) is 42.6 Å². The summed E-state index contributed by atoms with van der Waals surface area (Å²) >= 11 is 0. The fourth-order valence-electron chi connectivity index (χ4n) is 4.23. The first-order valence-corrected chi connectivity index (χ1v) is 10.9. The van der Waals surface area contributed by atoms with Crippen molar-refractivity contribution in [2.45, 2.75) is 31.9 Å². The van der Waals surface area contributed by atoms with E-state index in [-0.39, 0.29) is 0 Å². The van der Waals surface area contributed by atoms with Crippen LogP contribution in [0.5, 0.6) is 0 Å². The molecule has 2 heterocycles. The Bertz CT molecular complexity index is 972. The van der Waals surface area contributed by atoms with E-state index in [0.29, 0.717) is 0 Å². The Morgan fingerprint density at radius 1 is 0.871 bits per heavy atom. The summed E-state index contributed by atoms with van der Waals surface area (Å²) in [5.74, 6) is 0. The minimum atomic E-state index is -4.26. The van der Waals surface area contributed by atoms with Crippen molar-refractivity contribution in [3.05, 3.63) is 71.9 Å². The standard InChI is InChI=1S/C25H27F3N3/c26-25(27,28)21-12-10-20(11-13-21)6-2-1-3-15-30-16-18-31(19-17-30)24-9-4-8-23-22(24)7-5-14-29-23/h4-5,7-13H,1-3,6,15-19H2. The lowest BCUT2D eigenvalue weighted by molar-refractivity contribution is -0.137. The number of unbranched alkanes of at least 4 members (excludes halogenated alkanes) is 2. The molecule has 0 spiro atoms. The molecule has 0 saturated carbocycles. The second kappa shape index (κ2) is 9.69. The molecular weight excluding hydrogens is 399 g/mol. The Hall–Kier alpha value is -2.60. The number of benzene rings is 2. The fourth-order valence-corrected chi connectivity index (χ4v) is 4.23. The molecule has 6 heteroatoms. The molecule has 2 aromatic carbocycles. The Morgan fingerprint density at radius 2 is 1.65 bits per heavy atom. The maximum absolute atomic E-state index is 12.6. The van der Waals surface area contributed by atoms with Gasteiger partial charge in [-0.05, 0) is 67.8 Å². The molecule has 1 aliphatic rings. The van der Waals surface area contributed by atoms with Gasteiger partial charge in [0.1, 0.15) is 0 Å². The number of aryl methyl sites for hydroxylation is 1. The molecule has 31 heavy (non-hydrogen) atoms. The molecule has 3 nitrogen and oxygen atoms in total. The van der Waals surface area contributed by atoms with Crippen LogP contribution < -0.4 is 4.90 Å². The van der Waals surface area contributed by atoms with Gasteiger partial charge in [0.25, 0.3) is 0 Å². The van der Waals surface area contributed by atoms with Gasteiger partial charge in [0, 0.05) is 37.3 Å². The molecule has 0 bridgehead atoms. The zero-order valence-corrected chi connectivity index (χ0v) is 17.5. The van der Waals surface area contributed by atoms with Crippen molar-refractivity contribution >= 4 is 16.6 Å². The van der Waals surface area contributed by atoms with Gasteiger partial charge in [0.05, 0.1) is 17.3 Å². The zero-order valence-electron chi connectivity index (χ0n) is 17.5. The van der Waals surface area contributed by atoms with Gasteiger partial charge in [-0.2, -0.15) is 13.2 Å². The molecule has 0 aliphatic carbocycles. The van der Waals surface area contributed by atoms with Crippen molar-refractivity contribution in [3.8, 4) is 0 Å². The van der Waals surface area contributed by atoms with Gasteiger partial charge in [-0.15, -0.1) is 0 Å². The highest BCUT2D eigenvalue weighted by molar-refractivity contribution is 5.91. The van der Waals surface area contributed by atoms with Crippen molar-refractivity contribution in [2.75, 3.05) is 37.6 Å². The van der Waals surface area contributed by atoms with Crippen LogP contribution >= 0.6 is 0 Å². The number of hydrogen-bond donors (Lipinski definition) is 0. The summed E-state index contributed by atoms with van der Waals surface area (Å²) < 4.78 is 37.9. The molecular formula is C25H27F3N3. The molecule has 0 unspecified atom stereocenters. The monoisotopic (exact) mass is 426 g/mol. The molecule has 4 rings (SSSR count). The van der Waals surface area contributed by atoms with Gasteiger partial charge in [-0.3, -0.25) is 4.90 Å². The molecule has 0 amide bonds. The predicted molar refractivity (Wildman–Crippen MR) is 118 cm³/mol. The first kappa shape index (κ1) is 21.6. The first-order chi connectivity index (χ1) is 15.0. The molecule has 0 atom stereocenters. The van der Waals surface area contributed by atoms with Crippen LogP contribution in [0.1, 0.15) is 30.4 Å². The van der Waals surface area contributed by atoms with E-state index < -0.39 is 11.7 Å². The lowest BCUT2D eigenvalue weighted by atomic mass is 10.0. The Morgan fingerprint density at radius 3 is 2.39 bits per heavy atom. The average molecular weight is 427 g/mol. The fraction of sp³-hybridized carbons (Fsp3) is 0.400. The molecule has 1 fully saturated rings. The van der Waals surface area contributed by atoms with Crippen molar-refractivity contribution in [1.29, 1.82) is 0 Å². The highest BCUT2D eigenvalue weighted by Gasteiger charge is 2.29. The van der Waals surface area contributed by atoms with Crippen LogP contribution in [0.3, 0.4) is 0 Å². The van der Waals surface area contributed by atoms with Crippen LogP contribution in [0.25, 0.3) is 10.9 Å². The maximum atomic E-state index is 12.6. The third-order valence-corrected chi connectivity index (χ3v) is 6.00. The first-order valence-electron chi connectivity index (χ1n) is 10.9. The van der Waals surface area contributed by atoms with Crippen molar-refractivity contribution in [1.82, 2.24) is 9.88 Å². The normalized spacial score (nSPS) is 15.5. The number of fused-ring (bicyclic) bond motifs is 1. The van der Waals surface area contributed by atoms with Gasteiger partial charge in [-0.1, -0.05) is 24.6 Å². The summed E-state index contributed by atoms with van der Waals surface area (Å²) in [5.41, 5.74) is 2.63. The Labute approximate surface area is 181 Å². The third-order valence-electron chi connectivity index (χ3n) is 6.00. The number of alkyl halides is 3. The molecule has 1 aromatic heterocycles. The summed E-state index contributed by atoms with van der Waals surface area (Å²) in [6.45, 7) is 5.17. The number of hydrogen-bond acceptors (Lipinski definition) is 3. The summed E-state index contributed by atoms with van der Waals surface area (Å²) in [6.07, 6.45) is 2.69. The summed E-state index contributed by atoms with van der Waals surface area (Å²) in [6, 6.07) is 15.8. The Kier molecular flexibility index (Phi) is 6.76. The molecule has 1 aliphatic heterocycles. The van der Waals surface area contributed by atoms with E-state index in [0.717, 1.165) is 69.5 Å². The van der Waals surface area contributed by atoms with E-state index in [4.69, 9.17) is 0 Å². The van der Waals surface area contributed by atoms with E-state index in [2.05, 4.69) is 39.2 Å². The average Bonchev–Trinajstić information content (AvgIpc) is 2.79. The van der Waals surface area contributed by atoms with Crippen molar-refractivity contribution in [3.63, 3.8) is 0 Å². The minimum Gasteiger partial charge on any atom is -0.368 e. The van der Waals surface area contributed by atoms with E-state index in [1.54, 1.807) is 12.1 Å². The van der Waals surface area contributed by atoms with Crippen LogP contribution in [0.4, 0.5) is 18.9 Å². The van der Waals surface area contributed by atoms with Crippen molar-refractivity contribution in [2.24, 2.45) is 0 Å². The second-order valence-electron chi connectivity index (χ2n) is 8.12. The van der Waals surface area contributed by atoms with Crippen LogP contribution in [0, 0.1) is 6.20 Å². The molecule has 1 saturated heterocycles. The number of pyridine rings is 1. The number of rotatable bonds is 7. The van der Waals surface area contributed by atoms with E-state index >= 15 is 0 Å². The molecule has 3 aromatic rings. The Balaban J connectivity index is 1.17. The largest absolute Gasteiger partial charge is 0.416 e. The van der Waals surface area contributed by atoms with E-state index in [1.165, 1.54) is 23.2 Å². The molecule has 1 radical (unpaired) electrons. The smallest absolute Gasteiger partial charge is 0.368 e. The highest BCUT2D eigenvalue weighted by Crippen LogP contribution is 2.29. The minimum absolute atomic E-state index is 0.575. The predicted octanol–water partition coefficient (Wildman–Crippen LogP) is 5.59. The van der Waals surface area contributed by atoms with E-state index in [9.17, 15) is 13.2 Å². The van der Waals surface area contributed by atoms with Gasteiger partial charge in [0.15, 0.2) is 0 Å². The topological polar surface area (TPSA) is 19.4 Å². The van der Waals surface area contributed by atoms with Gasteiger partial charge in [0.2, 0.25) is 0 Å². The number of aromatic nitrogens is 1.